The molecule has 1 saturated heterocycles. The number of nitrogens with two attached hydrogens (primary N) is 1. The monoisotopic (exact) mass is 455 g/mol. The van der Waals surface area contributed by atoms with Crippen LogP contribution in [0.25, 0.3) is 0 Å². The Kier molecular flexibility index (Phi) is 9.13. The van der Waals surface area contributed by atoms with Crippen LogP contribution in [0.5, 0.6) is 5.75 Å². The molecular weight excluding hydrogens is 421 g/mol. The highest BCUT2D eigenvalue weighted by atomic mass is 35.5. The van der Waals surface area contributed by atoms with Crippen molar-refractivity contribution < 1.29 is 18.7 Å². The zero-order chi connectivity index (χ0) is 21.8. The van der Waals surface area contributed by atoms with Crippen LogP contribution in [0.3, 0.4) is 0 Å². The smallest absolute Gasteiger partial charge is 0.253 e. The highest BCUT2D eigenvalue weighted by Crippen LogP contribution is 2.34. The van der Waals surface area contributed by atoms with Crippen molar-refractivity contribution in [3.8, 4) is 5.75 Å². The van der Waals surface area contributed by atoms with E-state index in [1.165, 1.54) is 0 Å². The SMILES string of the molecule is COc1ccc(C(=O)N(C)C2CCC([C@H](C)[C@H](N)C(=O)N3CC[C@H](F)C3)CC2)cc1.Cl. The molecular formula is C23H35ClFN3O3. The van der Waals surface area contributed by atoms with Crippen LogP contribution in [-0.4, -0.2) is 67.1 Å². The van der Waals surface area contributed by atoms with Crippen molar-refractivity contribution in [2.24, 2.45) is 17.6 Å². The summed E-state index contributed by atoms with van der Waals surface area (Å²) in [6.07, 6.45) is 3.13. The molecule has 0 spiro atoms. The Morgan fingerprint density at radius 2 is 1.77 bits per heavy atom. The van der Waals surface area contributed by atoms with Gasteiger partial charge in [0.05, 0.1) is 19.7 Å². The van der Waals surface area contributed by atoms with Gasteiger partial charge in [0.25, 0.3) is 5.91 Å². The largest absolute Gasteiger partial charge is 0.497 e. The number of methoxy groups -OCH3 is 1. The van der Waals surface area contributed by atoms with Crippen molar-refractivity contribution in [1.29, 1.82) is 0 Å². The molecule has 8 heteroatoms. The lowest BCUT2D eigenvalue weighted by atomic mass is 9.75. The second-order valence-electron chi connectivity index (χ2n) is 8.77. The Balaban J connectivity index is 0.00000341. The van der Waals surface area contributed by atoms with Crippen LogP contribution < -0.4 is 10.5 Å². The van der Waals surface area contributed by atoms with E-state index in [1.54, 1.807) is 36.3 Å². The van der Waals surface area contributed by atoms with Gasteiger partial charge < -0.3 is 20.3 Å². The third-order valence-corrected chi connectivity index (χ3v) is 6.98. The van der Waals surface area contributed by atoms with E-state index in [1.807, 2.05) is 18.9 Å². The minimum Gasteiger partial charge on any atom is -0.497 e. The predicted octanol–water partition coefficient (Wildman–Crippen LogP) is 3.28. The first-order valence-corrected chi connectivity index (χ1v) is 10.9. The van der Waals surface area contributed by atoms with Crippen LogP contribution in [0.15, 0.2) is 24.3 Å². The number of amides is 2. The Labute approximate surface area is 190 Å². The van der Waals surface area contributed by atoms with Crippen molar-refractivity contribution in [1.82, 2.24) is 9.80 Å². The van der Waals surface area contributed by atoms with Crippen molar-refractivity contribution in [2.45, 2.75) is 57.3 Å². The molecule has 1 aromatic carbocycles. The first kappa shape index (κ1) is 25.4. The molecule has 6 nitrogen and oxygen atoms in total. The second-order valence-corrected chi connectivity index (χ2v) is 8.77. The molecule has 1 aliphatic carbocycles. The van der Waals surface area contributed by atoms with Gasteiger partial charge in [0.15, 0.2) is 0 Å². The quantitative estimate of drug-likeness (QED) is 0.714. The number of halogens is 2. The minimum atomic E-state index is -0.925. The lowest BCUT2D eigenvalue weighted by Crippen LogP contribution is -2.49. The topological polar surface area (TPSA) is 75.9 Å². The molecule has 2 aliphatic rings. The van der Waals surface area contributed by atoms with Crippen LogP contribution in [0.2, 0.25) is 0 Å². The maximum atomic E-state index is 13.4. The number of hydrogen-bond acceptors (Lipinski definition) is 4. The maximum absolute atomic E-state index is 13.4. The average molecular weight is 456 g/mol. The number of benzene rings is 1. The van der Waals surface area contributed by atoms with Crippen LogP contribution in [0.1, 0.15) is 49.4 Å². The molecule has 1 saturated carbocycles. The highest BCUT2D eigenvalue weighted by Gasteiger charge is 2.36. The highest BCUT2D eigenvalue weighted by molar-refractivity contribution is 5.94. The molecule has 0 bridgehead atoms. The number of ether oxygens (including phenoxy) is 1. The summed E-state index contributed by atoms with van der Waals surface area (Å²) in [6.45, 7) is 2.67. The average Bonchev–Trinajstić information content (AvgIpc) is 3.23. The normalized spacial score (nSPS) is 25.3. The number of carbonyl (C=O) groups is 2. The molecule has 2 amide bonds. The van der Waals surface area contributed by atoms with Gasteiger partial charge >= 0.3 is 0 Å². The summed E-state index contributed by atoms with van der Waals surface area (Å²) in [5, 5.41) is 0. The summed E-state index contributed by atoms with van der Waals surface area (Å²) >= 11 is 0. The summed E-state index contributed by atoms with van der Waals surface area (Å²) in [5.74, 6) is 0.992. The predicted molar refractivity (Wildman–Crippen MR) is 121 cm³/mol. The molecule has 3 atom stereocenters. The van der Waals surface area contributed by atoms with Crippen LogP contribution in [-0.2, 0) is 4.79 Å². The van der Waals surface area contributed by atoms with E-state index < -0.39 is 12.2 Å². The Bertz CT molecular complexity index is 740. The third-order valence-electron chi connectivity index (χ3n) is 6.98. The van der Waals surface area contributed by atoms with Crippen molar-refractivity contribution >= 4 is 24.2 Å². The fraction of sp³-hybridized carbons (Fsp3) is 0.652. The van der Waals surface area contributed by atoms with E-state index in [0.29, 0.717) is 24.4 Å². The first-order chi connectivity index (χ1) is 14.3. The fourth-order valence-corrected chi connectivity index (χ4v) is 4.76. The molecule has 1 heterocycles. The Morgan fingerprint density at radius 3 is 2.29 bits per heavy atom. The summed E-state index contributed by atoms with van der Waals surface area (Å²) in [4.78, 5) is 28.8. The van der Waals surface area contributed by atoms with E-state index in [9.17, 15) is 14.0 Å². The number of likely N-dealkylation sites (tertiary alicyclic amines) is 1. The maximum Gasteiger partial charge on any atom is 0.253 e. The number of hydrogen-bond donors (Lipinski definition) is 1. The van der Waals surface area contributed by atoms with Crippen molar-refractivity contribution in [3.05, 3.63) is 29.8 Å². The van der Waals surface area contributed by atoms with Crippen molar-refractivity contribution in [3.63, 3.8) is 0 Å². The molecule has 2 N–H and O–H groups in total. The molecule has 3 rings (SSSR count). The zero-order valence-corrected chi connectivity index (χ0v) is 19.4. The summed E-state index contributed by atoms with van der Waals surface area (Å²) in [7, 11) is 3.46. The van der Waals surface area contributed by atoms with E-state index >= 15 is 0 Å². The zero-order valence-electron chi connectivity index (χ0n) is 18.6. The molecule has 0 unspecified atom stereocenters. The van der Waals surface area contributed by atoms with Crippen molar-refractivity contribution in [2.75, 3.05) is 27.2 Å². The van der Waals surface area contributed by atoms with Gasteiger partial charge in [0.2, 0.25) is 5.91 Å². The van der Waals surface area contributed by atoms with E-state index in [-0.39, 0.29) is 42.7 Å². The number of alkyl halides is 1. The molecule has 2 fully saturated rings. The lowest BCUT2D eigenvalue weighted by Gasteiger charge is -2.38. The first-order valence-electron chi connectivity index (χ1n) is 10.9. The van der Waals surface area contributed by atoms with E-state index in [0.717, 1.165) is 31.4 Å². The molecule has 174 valence electrons. The standard InChI is InChI=1S/C23H34FN3O3.ClH/c1-15(21(25)23(29)27-13-12-18(24)14-27)16-4-8-19(9-5-16)26(2)22(28)17-6-10-20(30-3)11-7-17;/h6-7,10-11,15-16,18-19,21H,4-5,8-9,12-14,25H2,1-3H3;1H/t15-,16?,18-,19?,21-;/m0./s1. The van der Waals surface area contributed by atoms with E-state index in [4.69, 9.17) is 10.5 Å². The van der Waals surface area contributed by atoms with Gasteiger partial charge in [-0.15, -0.1) is 12.4 Å². The minimum absolute atomic E-state index is 0. The Hall–Kier alpha value is -1.86. The molecule has 0 radical (unpaired) electrons. The molecule has 31 heavy (non-hydrogen) atoms. The molecule has 1 aliphatic heterocycles. The van der Waals surface area contributed by atoms with Crippen LogP contribution in [0.4, 0.5) is 4.39 Å². The number of carbonyl (C=O) groups excluding carboxylic acids is 2. The van der Waals surface area contributed by atoms with E-state index in [2.05, 4.69) is 0 Å². The fourth-order valence-electron chi connectivity index (χ4n) is 4.76. The Morgan fingerprint density at radius 1 is 1.16 bits per heavy atom. The summed E-state index contributed by atoms with van der Waals surface area (Å²) in [6, 6.07) is 6.76. The second kappa shape index (κ2) is 11.1. The van der Waals surface area contributed by atoms with Gasteiger partial charge in [-0.1, -0.05) is 6.92 Å². The van der Waals surface area contributed by atoms with Gasteiger partial charge in [-0.25, -0.2) is 4.39 Å². The lowest BCUT2D eigenvalue weighted by molar-refractivity contribution is -0.133. The number of rotatable bonds is 6. The van der Waals surface area contributed by atoms with Gasteiger partial charge in [0.1, 0.15) is 11.9 Å². The molecule has 1 aromatic rings. The summed E-state index contributed by atoms with van der Waals surface area (Å²) < 4.78 is 18.6. The van der Waals surface area contributed by atoms with Gasteiger partial charge in [-0.3, -0.25) is 9.59 Å². The van der Waals surface area contributed by atoms with Gasteiger partial charge in [0, 0.05) is 25.2 Å². The van der Waals surface area contributed by atoms with Crippen LogP contribution in [0, 0.1) is 11.8 Å². The van der Waals surface area contributed by atoms with Gasteiger partial charge in [-0.05, 0) is 68.2 Å². The third kappa shape index (κ3) is 5.89. The van der Waals surface area contributed by atoms with Gasteiger partial charge in [-0.2, -0.15) is 0 Å². The number of nitrogens with zero attached hydrogens (tertiary/aromatic N) is 2. The van der Waals surface area contributed by atoms with Crippen LogP contribution >= 0.6 is 12.4 Å². The summed E-state index contributed by atoms with van der Waals surface area (Å²) in [5.41, 5.74) is 6.92. The molecule has 0 aromatic heterocycles.